The van der Waals surface area contributed by atoms with E-state index in [0.717, 1.165) is 0 Å². The highest BCUT2D eigenvalue weighted by molar-refractivity contribution is 6.03. The number of anilines is 1. The maximum atomic E-state index is 11.8. The van der Waals surface area contributed by atoms with Crippen LogP contribution in [0.4, 0.5) is 5.82 Å². The number of rotatable bonds is 2. The monoisotopic (exact) mass is 240 g/mol. The molecule has 1 amide bonds. The number of hydrogen-bond donors (Lipinski definition) is 2. The summed E-state index contributed by atoms with van der Waals surface area (Å²) in [5.74, 6) is -0.159. The van der Waals surface area contributed by atoms with Crippen molar-refractivity contribution in [1.29, 1.82) is 5.26 Å². The van der Waals surface area contributed by atoms with Gasteiger partial charge in [-0.25, -0.2) is 5.10 Å². The van der Waals surface area contributed by atoms with Crippen LogP contribution in [0.25, 0.3) is 0 Å². The van der Waals surface area contributed by atoms with Crippen molar-refractivity contribution < 1.29 is 4.79 Å². The number of benzene rings is 1. The van der Waals surface area contributed by atoms with E-state index >= 15 is 0 Å². The number of carbonyl (C=O) groups excluding carboxylic acids is 1. The second-order valence-electron chi connectivity index (χ2n) is 3.45. The van der Waals surface area contributed by atoms with Crippen molar-refractivity contribution in [2.75, 3.05) is 5.32 Å². The molecule has 6 heteroatoms. The number of carbonyl (C=O) groups is 1. The van der Waals surface area contributed by atoms with Crippen LogP contribution >= 0.6 is 0 Å². The van der Waals surface area contributed by atoms with Crippen LogP contribution in [0.1, 0.15) is 15.9 Å². The molecule has 0 radical (unpaired) electrons. The van der Waals surface area contributed by atoms with Gasteiger partial charge in [-0.05, 0) is 24.3 Å². The zero-order valence-corrected chi connectivity index (χ0v) is 9.18. The lowest BCUT2D eigenvalue weighted by atomic mass is 10.1. The largest absolute Gasteiger partial charge is 0.305 e. The van der Waals surface area contributed by atoms with Gasteiger partial charge in [0.25, 0.3) is 11.5 Å². The van der Waals surface area contributed by atoms with Gasteiger partial charge in [-0.15, -0.1) is 0 Å². The molecule has 0 atom stereocenters. The maximum absolute atomic E-state index is 11.8. The van der Waals surface area contributed by atoms with Crippen molar-refractivity contribution in [3.8, 4) is 6.07 Å². The summed E-state index contributed by atoms with van der Waals surface area (Å²) < 4.78 is 0. The zero-order valence-electron chi connectivity index (χ0n) is 9.18. The number of H-pyrrole nitrogens is 1. The Morgan fingerprint density at radius 3 is 2.83 bits per heavy atom. The number of nitrogens with zero attached hydrogens (tertiary/aromatic N) is 2. The molecular weight excluding hydrogens is 232 g/mol. The molecule has 0 saturated carbocycles. The third-order valence-electron chi connectivity index (χ3n) is 2.17. The van der Waals surface area contributed by atoms with Crippen molar-refractivity contribution in [2.45, 2.75) is 0 Å². The molecule has 0 bridgehead atoms. The Labute approximate surface area is 102 Å². The quantitative estimate of drug-likeness (QED) is 0.814. The van der Waals surface area contributed by atoms with Gasteiger partial charge in [-0.1, -0.05) is 6.07 Å². The van der Waals surface area contributed by atoms with Gasteiger partial charge in [0.1, 0.15) is 0 Å². The number of amides is 1. The van der Waals surface area contributed by atoms with E-state index in [-0.39, 0.29) is 11.4 Å². The van der Waals surface area contributed by atoms with E-state index in [2.05, 4.69) is 15.5 Å². The van der Waals surface area contributed by atoms with Crippen LogP contribution in [-0.2, 0) is 0 Å². The summed E-state index contributed by atoms with van der Waals surface area (Å²) in [5.41, 5.74) is 0.401. The van der Waals surface area contributed by atoms with E-state index < -0.39 is 5.91 Å². The minimum Gasteiger partial charge on any atom is -0.305 e. The normalized spacial score (nSPS) is 9.50. The fourth-order valence-electron chi connectivity index (χ4n) is 1.33. The Balaban J connectivity index is 2.19. The smallest absolute Gasteiger partial charge is 0.264 e. The number of aromatic amines is 1. The molecule has 0 aliphatic carbocycles. The molecule has 1 aromatic carbocycles. The van der Waals surface area contributed by atoms with E-state index in [1.165, 1.54) is 18.2 Å². The van der Waals surface area contributed by atoms with Crippen LogP contribution in [0.2, 0.25) is 0 Å². The molecule has 88 valence electrons. The Morgan fingerprint density at radius 1 is 1.33 bits per heavy atom. The van der Waals surface area contributed by atoms with Crippen molar-refractivity contribution >= 4 is 11.7 Å². The minimum absolute atomic E-state index is 0.238. The lowest BCUT2D eigenvalue weighted by Crippen LogP contribution is -2.15. The van der Waals surface area contributed by atoms with Gasteiger partial charge in [-0.3, -0.25) is 9.59 Å². The molecule has 0 aliphatic heterocycles. The van der Waals surface area contributed by atoms with Crippen LogP contribution < -0.4 is 10.9 Å². The molecule has 0 spiro atoms. The molecule has 0 saturated heterocycles. The second kappa shape index (κ2) is 4.93. The topological polar surface area (TPSA) is 98.6 Å². The predicted molar refractivity (Wildman–Crippen MR) is 64.0 cm³/mol. The highest BCUT2D eigenvalue weighted by Gasteiger charge is 2.07. The summed E-state index contributed by atoms with van der Waals surface area (Å²) in [6, 6.07) is 10.9. The number of nitrogens with one attached hydrogen (secondary N) is 2. The summed E-state index contributed by atoms with van der Waals surface area (Å²) in [7, 11) is 0. The van der Waals surface area contributed by atoms with Crippen LogP contribution in [0.3, 0.4) is 0 Å². The van der Waals surface area contributed by atoms with Crippen LogP contribution in [0.5, 0.6) is 0 Å². The first-order chi connectivity index (χ1) is 8.69. The molecule has 0 aliphatic rings. The molecule has 0 fully saturated rings. The van der Waals surface area contributed by atoms with Crippen molar-refractivity contribution in [3.05, 3.63) is 57.9 Å². The average Bonchev–Trinajstić information content (AvgIpc) is 2.41. The summed E-state index contributed by atoms with van der Waals surface area (Å²) in [4.78, 5) is 22.6. The van der Waals surface area contributed by atoms with Crippen LogP contribution in [0, 0.1) is 11.3 Å². The first-order valence-corrected chi connectivity index (χ1v) is 5.06. The minimum atomic E-state index is -0.397. The van der Waals surface area contributed by atoms with E-state index in [1.807, 2.05) is 6.07 Å². The number of aromatic nitrogens is 2. The SMILES string of the molecule is N#Cc1cccc(C(=O)Nc2ccc(=O)[nH]n2)c1. The van der Waals surface area contributed by atoms with Crippen molar-refractivity contribution in [1.82, 2.24) is 10.2 Å². The molecule has 1 aromatic heterocycles. The highest BCUT2D eigenvalue weighted by Crippen LogP contribution is 2.07. The predicted octanol–water partition coefficient (Wildman–Crippen LogP) is 0.894. The lowest BCUT2D eigenvalue weighted by Gasteiger charge is -2.03. The maximum Gasteiger partial charge on any atom is 0.264 e. The standard InChI is InChI=1S/C12H8N4O2/c13-7-8-2-1-3-9(6-8)12(18)14-10-4-5-11(17)16-15-10/h1-6H,(H,16,17)(H,14,15,18). The zero-order chi connectivity index (χ0) is 13.0. The van der Waals surface area contributed by atoms with E-state index in [1.54, 1.807) is 18.2 Å². The summed E-state index contributed by atoms with van der Waals surface area (Å²) >= 11 is 0. The second-order valence-corrected chi connectivity index (χ2v) is 3.45. The molecule has 2 aromatic rings. The van der Waals surface area contributed by atoms with E-state index in [0.29, 0.717) is 11.1 Å². The van der Waals surface area contributed by atoms with Gasteiger partial charge >= 0.3 is 0 Å². The third-order valence-corrected chi connectivity index (χ3v) is 2.17. The molecule has 6 nitrogen and oxygen atoms in total. The first-order valence-electron chi connectivity index (χ1n) is 5.06. The third kappa shape index (κ3) is 2.59. The molecule has 2 N–H and O–H groups in total. The molecule has 18 heavy (non-hydrogen) atoms. The fraction of sp³-hybridized carbons (Fsp3) is 0. The average molecular weight is 240 g/mol. The van der Waals surface area contributed by atoms with Crippen molar-refractivity contribution in [2.24, 2.45) is 0 Å². The van der Waals surface area contributed by atoms with Crippen molar-refractivity contribution in [3.63, 3.8) is 0 Å². The number of hydrogen-bond acceptors (Lipinski definition) is 4. The fourth-order valence-corrected chi connectivity index (χ4v) is 1.33. The van der Waals surface area contributed by atoms with Gasteiger partial charge in [-0.2, -0.15) is 10.4 Å². The van der Waals surface area contributed by atoms with Gasteiger partial charge in [0.05, 0.1) is 11.6 Å². The van der Waals surface area contributed by atoms with Gasteiger partial charge in [0, 0.05) is 11.6 Å². The highest BCUT2D eigenvalue weighted by atomic mass is 16.2. The Bertz CT molecular complexity index is 664. The summed E-state index contributed by atoms with van der Waals surface area (Å²) in [5, 5.41) is 17.1. The lowest BCUT2D eigenvalue weighted by molar-refractivity contribution is 0.102. The Morgan fingerprint density at radius 2 is 2.17 bits per heavy atom. The first kappa shape index (κ1) is 11.5. The Hall–Kier alpha value is -2.94. The Kier molecular flexibility index (Phi) is 3.16. The summed E-state index contributed by atoms with van der Waals surface area (Å²) in [6.07, 6.45) is 0. The molecule has 1 heterocycles. The summed E-state index contributed by atoms with van der Waals surface area (Å²) in [6.45, 7) is 0. The van der Waals surface area contributed by atoms with E-state index in [4.69, 9.17) is 5.26 Å². The molecule has 2 rings (SSSR count). The van der Waals surface area contributed by atoms with E-state index in [9.17, 15) is 9.59 Å². The number of nitriles is 1. The molecular formula is C12H8N4O2. The van der Waals surface area contributed by atoms with Gasteiger partial charge < -0.3 is 5.32 Å². The van der Waals surface area contributed by atoms with Crippen LogP contribution in [0.15, 0.2) is 41.2 Å². The van der Waals surface area contributed by atoms with Crippen LogP contribution in [-0.4, -0.2) is 16.1 Å². The van der Waals surface area contributed by atoms with Gasteiger partial charge in [0.2, 0.25) is 0 Å². The van der Waals surface area contributed by atoms with Gasteiger partial charge in [0.15, 0.2) is 5.82 Å². The molecule has 0 unspecified atom stereocenters.